The first-order valence-corrected chi connectivity index (χ1v) is 11.5. The van der Waals surface area contributed by atoms with E-state index in [0.717, 1.165) is 31.2 Å². The zero-order valence-electron chi connectivity index (χ0n) is 15.6. The van der Waals surface area contributed by atoms with Gasteiger partial charge >= 0.3 is 0 Å². The second-order valence-corrected chi connectivity index (χ2v) is 9.64. The molecule has 28 heavy (non-hydrogen) atoms. The van der Waals surface area contributed by atoms with Gasteiger partial charge in [-0.1, -0.05) is 30.2 Å². The summed E-state index contributed by atoms with van der Waals surface area (Å²) < 4.78 is 39.6. The van der Waals surface area contributed by atoms with E-state index in [-0.39, 0.29) is 10.8 Å². The second kappa shape index (κ2) is 8.31. The average molecular weight is 422 g/mol. The Kier molecular flexibility index (Phi) is 5.80. The molecule has 1 unspecified atom stereocenters. The zero-order valence-corrected chi connectivity index (χ0v) is 17.2. The fourth-order valence-corrected chi connectivity index (χ4v) is 5.45. The summed E-state index contributed by atoms with van der Waals surface area (Å²) in [6.45, 7) is 2.10. The van der Waals surface area contributed by atoms with Crippen LogP contribution < -0.4 is 9.47 Å². The van der Waals surface area contributed by atoms with Gasteiger partial charge in [0.15, 0.2) is 11.5 Å². The maximum Gasteiger partial charge on any atom is 0.243 e. The molecule has 2 aromatic rings. The molecule has 0 amide bonds. The van der Waals surface area contributed by atoms with E-state index in [0.29, 0.717) is 42.8 Å². The Balaban J connectivity index is 1.60. The number of sulfonamides is 1. The van der Waals surface area contributed by atoms with Crippen molar-refractivity contribution in [3.63, 3.8) is 0 Å². The van der Waals surface area contributed by atoms with Crippen LogP contribution in [0.15, 0.2) is 47.4 Å². The van der Waals surface area contributed by atoms with E-state index >= 15 is 0 Å². The third kappa shape index (κ3) is 4.14. The Morgan fingerprint density at radius 2 is 1.68 bits per heavy atom. The quantitative estimate of drug-likeness (QED) is 0.734. The van der Waals surface area contributed by atoms with E-state index in [9.17, 15) is 8.42 Å². The molecular weight excluding hydrogens is 398 g/mol. The van der Waals surface area contributed by atoms with Gasteiger partial charge in [-0.05, 0) is 48.6 Å². The minimum atomic E-state index is -3.61. The van der Waals surface area contributed by atoms with Crippen molar-refractivity contribution in [2.45, 2.75) is 36.5 Å². The van der Waals surface area contributed by atoms with Crippen LogP contribution >= 0.6 is 11.6 Å². The number of fused-ring (bicyclic) bond motifs is 1. The van der Waals surface area contributed by atoms with E-state index in [1.54, 1.807) is 22.5 Å². The SMILES string of the molecule is O=S(=O)(c1ccc2c(c1)OCCCO2)N1CCCCC(c2ccc(Cl)cc2)C1. The highest BCUT2D eigenvalue weighted by Gasteiger charge is 2.30. The molecule has 2 aromatic carbocycles. The Morgan fingerprint density at radius 3 is 2.46 bits per heavy atom. The number of halogens is 1. The Labute approximate surface area is 171 Å². The first-order valence-electron chi connectivity index (χ1n) is 9.69. The smallest absolute Gasteiger partial charge is 0.243 e. The van der Waals surface area contributed by atoms with Crippen LogP contribution in [0.1, 0.15) is 37.2 Å². The van der Waals surface area contributed by atoms with E-state index in [4.69, 9.17) is 21.1 Å². The van der Waals surface area contributed by atoms with Crippen molar-refractivity contribution in [3.05, 3.63) is 53.1 Å². The van der Waals surface area contributed by atoms with Crippen LogP contribution in [0.4, 0.5) is 0 Å². The van der Waals surface area contributed by atoms with Crippen LogP contribution in [-0.2, 0) is 10.0 Å². The Bertz CT molecular complexity index is 930. The zero-order chi connectivity index (χ0) is 19.6. The van der Waals surface area contributed by atoms with Gasteiger partial charge in [0, 0.05) is 30.6 Å². The van der Waals surface area contributed by atoms with Crippen molar-refractivity contribution < 1.29 is 17.9 Å². The van der Waals surface area contributed by atoms with E-state index in [1.807, 2.05) is 24.3 Å². The molecule has 5 nitrogen and oxygen atoms in total. The molecule has 4 rings (SSSR count). The molecule has 2 heterocycles. The normalized spacial score (nSPS) is 21.0. The summed E-state index contributed by atoms with van der Waals surface area (Å²) in [7, 11) is -3.61. The van der Waals surface area contributed by atoms with E-state index in [1.165, 1.54) is 0 Å². The summed E-state index contributed by atoms with van der Waals surface area (Å²) in [6.07, 6.45) is 3.61. The number of hydrogen-bond donors (Lipinski definition) is 0. The molecule has 0 spiro atoms. The molecule has 1 fully saturated rings. The molecule has 0 radical (unpaired) electrons. The molecule has 0 aliphatic carbocycles. The molecule has 1 saturated heterocycles. The van der Waals surface area contributed by atoms with Crippen LogP contribution in [0.5, 0.6) is 11.5 Å². The number of benzene rings is 2. The summed E-state index contributed by atoms with van der Waals surface area (Å²) in [5, 5.41) is 0.689. The van der Waals surface area contributed by atoms with Gasteiger partial charge in [-0.25, -0.2) is 8.42 Å². The summed E-state index contributed by atoms with van der Waals surface area (Å²) in [6, 6.07) is 12.6. The lowest BCUT2D eigenvalue weighted by molar-refractivity contribution is 0.296. The lowest BCUT2D eigenvalue weighted by atomic mass is 9.95. The van der Waals surface area contributed by atoms with Gasteiger partial charge in [-0.15, -0.1) is 0 Å². The maximum absolute atomic E-state index is 13.4. The van der Waals surface area contributed by atoms with E-state index < -0.39 is 10.0 Å². The predicted molar refractivity (Wildman–Crippen MR) is 109 cm³/mol. The third-order valence-corrected chi connectivity index (χ3v) is 7.45. The summed E-state index contributed by atoms with van der Waals surface area (Å²) in [5.74, 6) is 1.27. The lowest BCUT2D eigenvalue weighted by Gasteiger charge is -2.24. The maximum atomic E-state index is 13.4. The molecule has 1 atom stereocenters. The highest BCUT2D eigenvalue weighted by atomic mass is 35.5. The van der Waals surface area contributed by atoms with Gasteiger partial charge < -0.3 is 9.47 Å². The van der Waals surface area contributed by atoms with Crippen LogP contribution in [0.2, 0.25) is 5.02 Å². The van der Waals surface area contributed by atoms with E-state index in [2.05, 4.69) is 0 Å². The molecule has 0 saturated carbocycles. The number of hydrogen-bond acceptors (Lipinski definition) is 4. The molecular formula is C21H24ClNO4S. The van der Waals surface area contributed by atoms with Crippen molar-refractivity contribution in [2.24, 2.45) is 0 Å². The van der Waals surface area contributed by atoms with Crippen molar-refractivity contribution in [1.29, 1.82) is 0 Å². The summed E-state index contributed by atoms with van der Waals surface area (Å²) >= 11 is 6.01. The van der Waals surface area contributed by atoms with Gasteiger partial charge in [0.1, 0.15) is 0 Å². The number of rotatable bonds is 3. The fraction of sp³-hybridized carbons (Fsp3) is 0.429. The highest BCUT2D eigenvalue weighted by Crippen LogP contribution is 2.35. The standard InChI is InChI=1S/C21H24ClNO4S/c22-18-7-5-16(6-8-18)17-4-1-2-11-23(15-17)28(24,25)19-9-10-20-21(14-19)27-13-3-12-26-20/h5-10,14,17H,1-4,11-13,15H2. The van der Waals surface area contributed by atoms with Crippen LogP contribution in [0.3, 0.4) is 0 Å². The molecule has 0 bridgehead atoms. The van der Waals surface area contributed by atoms with Gasteiger partial charge in [0.25, 0.3) is 0 Å². The van der Waals surface area contributed by atoms with Crippen molar-refractivity contribution in [2.75, 3.05) is 26.3 Å². The average Bonchev–Trinajstić information content (AvgIpc) is 3.09. The first kappa shape index (κ1) is 19.6. The van der Waals surface area contributed by atoms with Crippen LogP contribution in [0, 0.1) is 0 Å². The Morgan fingerprint density at radius 1 is 0.929 bits per heavy atom. The topological polar surface area (TPSA) is 55.8 Å². The van der Waals surface area contributed by atoms with Gasteiger partial charge in [0.2, 0.25) is 10.0 Å². The molecule has 2 aliphatic heterocycles. The van der Waals surface area contributed by atoms with Crippen molar-refractivity contribution >= 4 is 21.6 Å². The van der Waals surface area contributed by atoms with Crippen molar-refractivity contribution in [1.82, 2.24) is 4.31 Å². The minimum Gasteiger partial charge on any atom is -0.490 e. The highest BCUT2D eigenvalue weighted by molar-refractivity contribution is 7.89. The summed E-state index contributed by atoms with van der Waals surface area (Å²) in [5.41, 5.74) is 1.13. The molecule has 0 aromatic heterocycles. The summed E-state index contributed by atoms with van der Waals surface area (Å²) in [4.78, 5) is 0.258. The lowest BCUT2D eigenvalue weighted by Crippen LogP contribution is -2.34. The molecule has 150 valence electrons. The molecule has 0 N–H and O–H groups in total. The van der Waals surface area contributed by atoms with Gasteiger partial charge in [-0.2, -0.15) is 4.31 Å². The predicted octanol–water partition coefficient (Wildman–Crippen LogP) is 4.46. The first-order chi connectivity index (χ1) is 13.5. The molecule has 2 aliphatic rings. The third-order valence-electron chi connectivity index (χ3n) is 5.33. The monoisotopic (exact) mass is 421 g/mol. The minimum absolute atomic E-state index is 0.162. The number of nitrogens with zero attached hydrogens (tertiary/aromatic N) is 1. The van der Waals surface area contributed by atoms with Crippen LogP contribution in [0.25, 0.3) is 0 Å². The van der Waals surface area contributed by atoms with Crippen LogP contribution in [-0.4, -0.2) is 39.0 Å². The molecule has 7 heteroatoms. The van der Waals surface area contributed by atoms with Crippen molar-refractivity contribution in [3.8, 4) is 11.5 Å². The largest absolute Gasteiger partial charge is 0.490 e. The Hall–Kier alpha value is -1.76. The fourth-order valence-electron chi connectivity index (χ4n) is 3.79. The van der Waals surface area contributed by atoms with Gasteiger partial charge in [0.05, 0.1) is 18.1 Å². The number of ether oxygens (including phenoxy) is 2. The van der Waals surface area contributed by atoms with Gasteiger partial charge in [-0.3, -0.25) is 0 Å². The second-order valence-electron chi connectivity index (χ2n) is 7.27.